The summed E-state index contributed by atoms with van der Waals surface area (Å²) in [7, 11) is 0. The Hall–Kier alpha value is -1.76. The van der Waals surface area contributed by atoms with Crippen LogP contribution in [0.5, 0.6) is 0 Å². The van der Waals surface area contributed by atoms with Crippen LogP contribution >= 0.6 is 0 Å². The van der Waals surface area contributed by atoms with Gasteiger partial charge in [0.2, 0.25) is 0 Å². The lowest BCUT2D eigenvalue weighted by molar-refractivity contribution is 1.14. The minimum atomic E-state index is 0.552. The summed E-state index contributed by atoms with van der Waals surface area (Å²) in [5, 5.41) is 0. The second-order valence-corrected chi connectivity index (χ2v) is 5.12. The Kier molecular flexibility index (Phi) is 3.06. The average molecular weight is 232 g/mol. The summed E-state index contributed by atoms with van der Waals surface area (Å²) < 4.78 is 0. The first-order valence-corrected chi connectivity index (χ1v) is 6.64. The molecule has 2 aromatic carbocycles. The highest BCUT2D eigenvalue weighted by atomic mass is 14.2. The highest BCUT2D eigenvalue weighted by Gasteiger charge is 2.32. The Bertz CT molecular complexity index is 481. The van der Waals surface area contributed by atoms with Crippen molar-refractivity contribution in [2.24, 2.45) is 0 Å². The van der Waals surface area contributed by atoms with Gasteiger partial charge < -0.3 is 0 Å². The summed E-state index contributed by atoms with van der Waals surface area (Å²) in [4.78, 5) is 0. The molecule has 0 fully saturated rings. The second kappa shape index (κ2) is 4.85. The molecule has 0 amide bonds. The summed E-state index contributed by atoms with van der Waals surface area (Å²) in [6.07, 6.45) is 4.75. The van der Waals surface area contributed by atoms with Gasteiger partial charge in [-0.3, -0.25) is 0 Å². The van der Waals surface area contributed by atoms with Crippen molar-refractivity contribution in [1.29, 1.82) is 0 Å². The molecule has 1 heteroatoms. The normalized spacial score (nSPS) is 22.4. The first-order valence-electron chi connectivity index (χ1n) is 6.64. The number of benzene rings is 2. The Morgan fingerprint density at radius 2 is 1.06 bits per heavy atom. The zero-order chi connectivity index (χ0) is 12.4. The van der Waals surface area contributed by atoms with Crippen LogP contribution in [-0.4, -0.2) is 6.71 Å². The van der Waals surface area contributed by atoms with Gasteiger partial charge in [-0.25, -0.2) is 0 Å². The van der Waals surface area contributed by atoms with Crippen LogP contribution < -0.4 is 0 Å². The fraction of sp³-hybridized carbons (Fsp3) is 0.176. The van der Waals surface area contributed by atoms with E-state index in [-0.39, 0.29) is 0 Å². The van der Waals surface area contributed by atoms with Crippen molar-refractivity contribution in [2.45, 2.75) is 18.5 Å². The Morgan fingerprint density at radius 3 is 1.44 bits per heavy atom. The van der Waals surface area contributed by atoms with Crippen LogP contribution in [0.15, 0.2) is 72.8 Å². The number of allylic oxidation sites excluding steroid dienone is 2. The van der Waals surface area contributed by atoms with Crippen molar-refractivity contribution in [3.8, 4) is 0 Å². The van der Waals surface area contributed by atoms with Crippen LogP contribution in [-0.2, 0) is 0 Å². The van der Waals surface area contributed by atoms with Crippen molar-refractivity contribution in [1.82, 2.24) is 0 Å². The molecule has 1 heterocycles. The monoisotopic (exact) mass is 232 g/mol. The topological polar surface area (TPSA) is 0 Å². The molecule has 0 aromatic heterocycles. The van der Waals surface area contributed by atoms with Gasteiger partial charge in [-0.05, 0) is 22.8 Å². The van der Waals surface area contributed by atoms with Gasteiger partial charge in [-0.15, -0.1) is 0 Å². The molecule has 1 aliphatic rings. The van der Waals surface area contributed by atoms with E-state index in [0.29, 0.717) is 18.3 Å². The quantitative estimate of drug-likeness (QED) is 0.534. The molecular weight excluding hydrogens is 215 g/mol. The largest absolute Gasteiger partial charge is 0.162 e. The molecule has 0 bridgehead atoms. The highest BCUT2D eigenvalue weighted by molar-refractivity contribution is 6.63. The maximum Gasteiger partial charge on any atom is 0.162 e. The van der Waals surface area contributed by atoms with Gasteiger partial charge in [0.15, 0.2) is 6.71 Å². The first-order chi connectivity index (χ1) is 8.86. The van der Waals surface area contributed by atoms with E-state index in [1.54, 1.807) is 0 Å². The maximum atomic E-state index is 2.37. The number of rotatable bonds is 2. The fourth-order valence-corrected chi connectivity index (χ4v) is 2.99. The molecule has 0 aliphatic carbocycles. The molecule has 0 unspecified atom stereocenters. The molecule has 88 valence electrons. The van der Waals surface area contributed by atoms with E-state index in [2.05, 4.69) is 79.6 Å². The molecule has 0 saturated carbocycles. The van der Waals surface area contributed by atoms with Crippen LogP contribution in [0.25, 0.3) is 0 Å². The minimum Gasteiger partial charge on any atom is -0.0884 e. The molecule has 2 aromatic rings. The third-order valence-corrected chi connectivity index (χ3v) is 4.03. The van der Waals surface area contributed by atoms with Gasteiger partial charge in [0, 0.05) is 0 Å². The van der Waals surface area contributed by atoms with Crippen molar-refractivity contribution < 1.29 is 0 Å². The van der Waals surface area contributed by atoms with Crippen LogP contribution in [0.4, 0.5) is 0 Å². The Morgan fingerprint density at radius 1 is 0.667 bits per heavy atom. The number of hydrogen-bond acceptors (Lipinski definition) is 0. The SMILES string of the molecule is CB1[C@@H](c2ccccc2)C=C[C@@H]1c1ccccc1. The summed E-state index contributed by atoms with van der Waals surface area (Å²) in [5.41, 5.74) is 2.86. The van der Waals surface area contributed by atoms with Crippen LogP contribution in [0, 0.1) is 0 Å². The van der Waals surface area contributed by atoms with Gasteiger partial charge in [-0.2, -0.15) is 0 Å². The molecular formula is C17H17B. The van der Waals surface area contributed by atoms with E-state index in [0.717, 1.165) is 0 Å². The van der Waals surface area contributed by atoms with Crippen LogP contribution in [0.1, 0.15) is 22.8 Å². The predicted molar refractivity (Wildman–Crippen MR) is 79.1 cm³/mol. The van der Waals surface area contributed by atoms with Crippen molar-refractivity contribution in [2.75, 3.05) is 0 Å². The van der Waals surface area contributed by atoms with Gasteiger partial charge in [0.25, 0.3) is 0 Å². The summed E-state index contributed by atoms with van der Waals surface area (Å²) in [5.74, 6) is 1.10. The fourth-order valence-electron chi connectivity index (χ4n) is 2.99. The average Bonchev–Trinajstić information content (AvgIpc) is 2.83. The van der Waals surface area contributed by atoms with Gasteiger partial charge in [0.05, 0.1) is 0 Å². The lowest BCUT2D eigenvalue weighted by atomic mass is 9.36. The van der Waals surface area contributed by atoms with Gasteiger partial charge >= 0.3 is 0 Å². The van der Waals surface area contributed by atoms with E-state index in [1.165, 1.54) is 11.1 Å². The molecule has 3 rings (SSSR count). The van der Waals surface area contributed by atoms with E-state index in [1.807, 2.05) is 0 Å². The smallest absolute Gasteiger partial charge is 0.0884 e. The third-order valence-electron chi connectivity index (χ3n) is 4.03. The zero-order valence-electron chi connectivity index (χ0n) is 10.7. The Labute approximate surface area is 109 Å². The molecule has 0 saturated heterocycles. The first kappa shape index (κ1) is 11.3. The Balaban J connectivity index is 1.86. The van der Waals surface area contributed by atoms with Gasteiger partial charge in [-0.1, -0.05) is 79.6 Å². The van der Waals surface area contributed by atoms with Crippen molar-refractivity contribution >= 4 is 6.71 Å². The summed E-state index contributed by atoms with van der Waals surface area (Å²) in [6, 6.07) is 21.6. The summed E-state index contributed by atoms with van der Waals surface area (Å²) in [6.45, 7) is 2.99. The van der Waals surface area contributed by atoms with E-state index >= 15 is 0 Å². The minimum absolute atomic E-state index is 0.552. The molecule has 0 N–H and O–H groups in total. The molecule has 1 aliphatic heterocycles. The second-order valence-electron chi connectivity index (χ2n) is 5.12. The van der Waals surface area contributed by atoms with Crippen LogP contribution in [0.3, 0.4) is 0 Å². The molecule has 0 spiro atoms. The molecule has 18 heavy (non-hydrogen) atoms. The lowest BCUT2D eigenvalue weighted by Gasteiger charge is -2.19. The van der Waals surface area contributed by atoms with Crippen molar-refractivity contribution in [3.05, 3.63) is 83.9 Å². The van der Waals surface area contributed by atoms with Gasteiger partial charge in [0.1, 0.15) is 0 Å². The molecule has 0 radical (unpaired) electrons. The summed E-state index contributed by atoms with van der Waals surface area (Å²) >= 11 is 0. The van der Waals surface area contributed by atoms with E-state index < -0.39 is 0 Å². The lowest BCUT2D eigenvalue weighted by Crippen LogP contribution is -2.21. The predicted octanol–water partition coefficient (Wildman–Crippen LogP) is 4.33. The van der Waals surface area contributed by atoms with E-state index in [4.69, 9.17) is 0 Å². The molecule has 2 atom stereocenters. The third kappa shape index (κ3) is 2.01. The highest BCUT2D eigenvalue weighted by Crippen LogP contribution is 2.36. The zero-order valence-corrected chi connectivity index (χ0v) is 10.7. The van der Waals surface area contributed by atoms with E-state index in [9.17, 15) is 0 Å². The van der Waals surface area contributed by atoms with Crippen LogP contribution in [0.2, 0.25) is 6.82 Å². The maximum absolute atomic E-state index is 2.37. The van der Waals surface area contributed by atoms with Crippen molar-refractivity contribution in [3.63, 3.8) is 0 Å². The molecule has 0 nitrogen and oxygen atoms in total. The number of hydrogen-bond donors (Lipinski definition) is 0. The standard InChI is InChI=1S/C17H17B/c1-18-16(14-8-4-2-5-9-14)12-13-17(18)15-10-6-3-7-11-15/h2-13,16-17H,1H3/t16-,17-/m1/s1.